The van der Waals surface area contributed by atoms with Crippen LogP contribution >= 0.6 is 0 Å². The number of amides is 2. The van der Waals surface area contributed by atoms with Gasteiger partial charge in [0.2, 0.25) is 0 Å². The number of carbonyl (C=O) groups excluding carboxylic acids is 1. The summed E-state index contributed by atoms with van der Waals surface area (Å²) < 4.78 is 0. The summed E-state index contributed by atoms with van der Waals surface area (Å²) in [5, 5.41) is 3.27. The second-order valence-corrected chi connectivity index (χ2v) is 8.35. The Hall–Kier alpha value is -2.37. The van der Waals surface area contributed by atoms with Crippen LogP contribution in [0.1, 0.15) is 16.7 Å². The first-order chi connectivity index (χ1) is 14.0. The van der Waals surface area contributed by atoms with Crippen LogP contribution in [0.4, 0.5) is 4.79 Å². The third-order valence-corrected chi connectivity index (χ3v) is 5.39. The molecule has 1 unspecified atom stereocenters. The van der Waals surface area contributed by atoms with Gasteiger partial charge in [0.05, 0.1) is 0 Å². The van der Waals surface area contributed by atoms with Crippen LogP contribution in [0, 0.1) is 6.92 Å². The second-order valence-electron chi connectivity index (χ2n) is 8.35. The monoisotopic (exact) mass is 394 g/mol. The fourth-order valence-electron chi connectivity index (χ4n) is 3.94. The molecule has 2 amide bonds. The minimum atomic E-state index is 0.0583. The van der Waals surface area contributed by atoms with Gasteiger partial charge in [-0.3, -0.25) is 4.90 Å². The van der Waals surface area contributed by atoms with E-state index in [1.165, 1.54) is 16.7 Å². The van der Waals surface area contributed by atoms with E-state index in [9.17, 15) is 4.79 Å². The SMILES string of the molecule is Cc1cccc(CN2CCN(C(=O)NC(Cc3ccccc3)CN(C)C)CC2)c1. The second kappa shape index (κ2) is 10.4. The van der Waals surface area contributed by atoms with Gasteiger partial charge in [-0.05, 0) is 38.6 Å². The number of carbonyl (C=O) groups is 1. The maximum absolute atomic E-state index is 12.9. The van der Waals surface area contributed by atoms with Crippen molar-refractivity contribution in [3.05, 3.63) is 71.3 Å². The number of urea groups is 1. The first-order valence-corrected chi connectivity index (χ1v) is 10.5. The average Bonchev–Trinajstić information content (AvgIpc) is 2.69. The van der Waals surface area contributed by atoms with Crippen LogP contribution in [0.5, 0.6) is 0 Å². The lowest BCUT2D eigenvalue weighted by Gasteiger charge is -2.36. The van der Waals surface area contributed by atoms with E-state index < -0.39 is 0 Å². The lowest BCUT2D eigenvalue weighted by molar-refractivity contribution is 0.132. The van der Waals surface area contributed by atoms with Gasteiger partial charge in [0.25, 0.3) is 0 Å². The molecule has 0 radical (unpaired) electrons. The van der Waals surface area contributed by atoms with Crippen LogP contribution in [0.25, 0.3) is 0 Å². The van der Waals surface area contributed by atoms with Gasteiger partial charge in [0.15, 0.2) is 0 Å². The minimum Gasteiger partial charge on any atom is -0.334 e. The molecule has 0 bridgehead atoms. The Morgan fingerprint density at radius 2 is 1.69 bits per heavy atom. The molecule has 2 aromatic rings. The summed E-state index contributed by atoms with van der Waals surface area (Å²) >= 11 is 0. The number of rotatable bonds is 7. The van der Waals surface area contributed by atoms with Crippen LogP contribution in [-0.2, 0) is 13.0 Å². The van der Waals surface area contributed by atoms with Crippen molar-refractivity contribution in [2.45, 2.75) is 25.9 Å². The Balaban J connectivity index is 1.50. The van der Waals surface area contributed by atoms with Crippen molar-refractivity contribution in [1.29, 1.82) is 0 Å². The maximum atomic E-state index is 12.9. The lowest BCUT2D eigenvalue weighted by Crippen LogP contribution is -2.54. The van der Waals surface area contributed by atoms with Gasteiger partial charge in [0.1, 0.15) is 0 Å². The average molecular weight is 395 g/mol. The predicted molar refractivity (Wildman–Crippen MR) is 119 cm³/mol. The van der Waals surface area contributed by atoms with Gasteiger partial charge in [0, 0.05) is 45.3 Å². The molecule has 0 aliphatic carbocycles. The van der Waals surface area contributed by atoms with Gasteiger partial charge in [-0.15, -0.1) is 0 Å². The minimum absolute atomic E-state index is 0.0583. The smallest absolute Gasteiger partial charge is 0.317 e. The number of nitrogens with one attached hydrogen (secondary N) is 1. The van der Waals surface area contributed by atoms with Crippen molar-refractivity contribution in [2.24, 2.45) is 0 Å². The summed E-state index contributed by atoms with van der Waals surface area (Å²) in [6.45, 7) is 7.29. The summed E-state index contributed by atoms with van der Waals surface area (Å²) in [5.74, 6) is 0. The Morgan fingerprint density at radius 1 is 1.00 bits per heavy atom. The molecule has 2 aromatic carbocycles. The lowest BCUT2D eigenvalue weighted by atomic mass is 10.1. The van der Waals surface area contributed by atoms with Gasteiger partial charge >= 0.3 is 6.03 Å². The highest BCUT2D eigenvalue weighted by Crippen LogP contribution is 2.11. The van der Waals surface area contributed by atoms with Crippen LogP contribution in [0.2, 0.25) is 0 Å². The first-order valence-electron chi connectivity index (χ1n) is 10.5. The fraction of sp³-hybridized carbons (Fsp3) is 0.458. The van der Waals surface area contributed by atoms with Crippen molar-refractivity contribution < 1.29 is 4.79 Å². The zero-order chi connectivity index (χ0) is 20.6. The number of piperazine rings is 1. The highest BCUT2D eigenvalue weighted by molar-refractivity contribution is 5.74. The highest BCUT2D eigenvalue weighted by atomic mass is 16.2. The van der Waals surface area contributed by atoms with E-state index in [4.69, 9.17) is 0 Å². The zero-order valence-electron chi connectivity index (χ0n) is 18.0. The molecule has 29 heavy (non-hydrogen) atoms. The van der Waals surface area contributed by atoms with Gasteiger partial charge in [-0.25, -0.2) is 4.79 Å². The molecule has 1 atom stereocenters. The van der Waals surface area contributed by atoms with Crippen LogP contribution in [-0.4, -0.2) is 73.6 Å². The molecule has 5 nitrogen and oxygen atoms in total. The molecular formula is C24H34N4O. The molecule has 0 aromatic heterocycles. The van der Waals surface area contributed by atoms with E-state index in [-0.39, 0.29) is 12.1 Å². The molecule has 0 spiro atoms. The number of nitrogens with zero attached hydrogens (tertiary/aromatic N) is 3. The predicted octanol–water partition coefficient (Wildman–Crippen LogP) is 3.00. The number of hydrogen-bond donors (Lipinski definition) is 1. The highest BCUT2D eigenvalue weighted by Gasteiger charge is 2.23. The van der Waals surface area contributed by atoms with Crippen molar-refractivity contribution >= 4 is 6.03 Å². The van der Waals surface area contributed by atoms with Gasteiger partial charge < -0.3 is 15.1 Å². The van der Waals surface area contributed by atoms with Crippen molar-refractivity contribution in [2.75, 3.05) is 46.8 Å². The molecular weight excluding hydrogens is 360 g/mol. The van der Waals surface area contributed by atoms with Crippen LogP contribution in [0.15, 0.2) is 54.6 Å². The Morgan fingerprint density at radius 3 is 2.34 bits per heavy atom. The third-order valence-electron chi connectivity index (χ3n) is 5.39. The standard InChI is InChI=1S/C24H34N4O/c1-20-8-7-11-22(16-20)18-27-12-14-28(15-13-27)24(29)25-23(19-26(2)3)17-21-9-5-4-6-10-21/h4-11,16,23H,12-15,17-19H2,1-3H3,(H,25,29). The van der Waals surface area contributed by atoms with E-state index in [2.05, 4.69) is 70.6 Å². The zero-order valence-corrected chi connectivity index (χ0v) is 18.0. The largest absolute Gasteiger partial charge is 0.334 e. The van der Waals surface area contributed by atoms with E-state index in [0.29, 0.717) is 0 Å². The molecule has 1 saturated heterocycles. The summed E-state index contributed by atoms with van der Waals surface area (Å²) in [6, 6.07) is 19.2. The van der Waals surface area contributed by atoms with Crippen LogP contribution < -0.4 is 5.32 Å². The molecule has 1 fully saturated rings. The Kier molecular flexibility index (Phi) is 7.67. The van der Waals surface area contributed by atoms with E-state index >= 15 is 0 Å². The Bertz CT molecular complexity index is 769. The third kappa shape index (κ3) is 6.87. The molecule has 5 heteroatoms. The first kappa shape index (κ1) is 21.3. The topological polar surface area (TPSA) is 38.8 Å². The van der Waals surface area contributed by atoms with Gasteiger partial charge in [-0.1, -0.05) is 60.2 Å². The molecule has 1 N–H and O–H groups in total. The summed E-state index contributed by atoms with van der Waals surface area (Å²) in [7, 11) is 4.10. The van der Waals surface area contributed by atoms with Gasteiger partial charge in [-0.2, -0.15) is 0 Å². The van der Waals surface area contributed by atoms with Crippen molar-refractivity contribution in [3.63, 3.8) is 0 Å². The number of likely N-dealkylation sites (N-methyl/N-ethyl adjacent to an activating group) is 1. The molecule has 1 heterocycles. The quantitative estimate of drug-likeness (QED) is 0.785. The number of aryl methyl sites for hydroxylation is 1. The summed E-state index contributed by atoms with van der Waals surface area (Å²) in [5.41, 5.74) is 3.89. The summed E-state index contributed by atoms with van der Waals surface area (Å²) in [4.78, 5) is 19.4. The van der Waals surface area contributed by atoms with E-state index in [1.54, 1.807) is 0 Å². The Labute approximate surface area is 175 Å². The van der Waals surface area contributed by atoms with Crippen molar-refractivity contribution in [1.82, 2.24) is 20.0 Å². The van der Waals surface area contributed by atoms with E-state index in [0.717, 1.165) is 45.7 Å². The molecule has 156 valence electrons. The fourth-order valence-corrected chi connectivity index (χ4v) is 3.94. The van der Waals surface area contributed by atoms with E-state index in [1.807, 2.05) is 25.1 Å². The maximum Gasteiger partial charge on any atom is 0.317 e. The molecule has 1 aliphatic heterocycles. The normalized spacial score (nSPS) is 16.1. The molecule has 1 aliphatic rings. The molecule has 3 rings (SSSR count). The number of hydrogen-bond acceptors (Lipinski definition) is 3. The van der Waals surface area contributed by atoms with Crippen LogP contribution in [0.3, 0.4) is 0 Å². The molecule has 0 saturated carbocycles. The number of benzene rings is 2. The van der Waals surface area contributed by atoms with Crippen molar-refractivity contribution in [3.8, 4) is 0 Å². The summed E-state index contributed by atoms with van der Waals surface area (Å²) in [6.07, 6.45) is 0.845.